The van der Waals surface area contributed by atoms with Gasteiger partial charge < -0.3 is 5.11 Å². The maximum Gasteiger partial charge on any atom is 0.320 e. The van der Waals surface area contributed by atoms with Crippen LogP contribution < -0.4 is 0 Å². The van der Waals surface area contributed by atoms with Crippen LogP contribution in [0.2, 0.25) is 0 Å². The molecule has 1 rings (SSSR count). The Labute approximate surface area is 67.0 Å². The van der Waals surface area contributed by atoms with Gasteiger partial charge in [-0.1, -0.05) is 6.92 Å². The number of hydrogen-bond acceptors (Lipinski definition) is 2. The van der Waals surface area contributed by atoms with Crippen molar-refractivity contribution in [3.8, 4) is 0 Å². The van der Waals surface area contributed by atoms with Gasteiger partial charge in [-0.3, -0.25) is 9.69 Å². The highest BCUT2D eigenvalue weighted by molar-refractivity contribution is 5.73. The fourth-order valence-corrected chi connectivity index (χ4v) is 1.64. The van der Waals surface area contributed by atoms with Gasteiger partial charge in [0.15, 0.2) is 0 Å². The predicted molar refractivity (Wildman–Crippen MR) is 42.5 cm³/mol. The molecule has 0 aromatic carbocycles. The summed E-state index contributed by atoms with van der Waals surface area (Å²) in [5.41, 5.74) is 0. The van der Waals surface area contributed by atoms with Gasteiger partial charge in [0, 0.05) is 0 Å². The lowest BCUT2D eigenvalue weighted by Crippen LogP contribution is -2.38. The smallest absolute Gasteiger partial charge is 0.320 e. The lowest BCUT2D eigenvalue weighted by molar-refractivity contribution is -0.143. The Morgan fingerprint density at radius 1 is 1.55 bits per heavy atom. The maximum atomic E-state index is 10.7. The third-order valence-electron chi connectivity index (χ3n) is 2.25. The van der Waals surface area contributed by atoms with Crippen LogP contribution in [0.15, 0.2) is 0 Å². The summed E-state index contributed by atoms with van der Waals surface area (Å²) in [5.74, 6) is -0.672. The molecule has 64 valence electrons. The first-order chi connectivity index (χ1) is 5.25. The highest BCUT2D eigenvalue weighted by Crippen LogP contribution is 2.13. The molecule has 0 amide bonds. The molecule has 1 N–H and O–H groups in total. The van der Waals surface area contributed by atoms with Crippen LogP contribution in [0.5, 0.6) is 0 Å². The first-order valence-corrected chi connectivity index (χ1v) is 4.22. The summed E-state index contributed by atoms with van der Waals surface area (Å²) in [6, 6.07) is -0.238. The minimum Gasteiger partial charge on any atom is -0.480 e. The van der Waals surface area contributed by atoms with Gasteiger partial charge in [0.25, 0.3) is 0 Å². The molecule has 0 bridgehead atoms. The Morgan fingerprint density at radius 2 is 2.09 bits per heavy atom. The second-order valence-electron chi connectivity index (χ2n) is 3.01. The molecule has 1 aliphatic rings. The van der Waals surface area contributed by atoms with Crippen molar-refractivity contribution < 1.29 is 9.90 Å². The van der Waals surface area contributed by atoms with Gasteiger partial charge in [-0.25, -0.2) is 0 Å². The normalized spacial score (nSPS) is 21.9. The Morgan fingerprint density at radius 3 is 2.45 bits per heavy atom. The third-order valence-corrected chi connectivity index (χ3v) is 2.25. The van der Waals surface area contributed by atoms with E-state index in [-0.39, 0.29) is 6.04 Å². The number of nitrogens with zero attached hydrogens (tertiary/aromatic N) is 1. The van der Waals surface area contributed by atoms with Crippen molar-refractivity contribution in [2.24, 2.45) is 0 Å². The second-order valence-corrected chi connectivity index (χ2v) is 3.01. The molecule has 1 heterocycles. The Balaban J connectivity index is 2.46. The second kappa shape index (κ2) is 3.72. The molecular formula is C8H15NO2. The molecule has 1 fully saturated rings. The van der Waals surface area contributed by atoms with Crippen molar-refractivity contribution in [3.05, 3.63) is 0 Å². The minimum absolute atomic E-state index is 0.238. The summed E-state index contributed by atoms with van der Waals surface area (Å²) in [7, 11) is 0. The van der Waals surface area contributed by atoms with E-state index in [0.717, 1.165) is 32.4 Å². The fourth-order valence-electron chi connectivity index (χ4n) is 1.64. The van der Waals surface area contributed by atoms with Crippen molar-refractivity contribution in [2.45, 2.75) is 32.2 Å². The summed E-state index contributed by atoms with van der Waals surface area (Å²) in [6.07, 6.45) is 3.03. The van der Waals surface area contributed by atoms with Crippen LogP contribution in [0.1, 0.15) is 26.2 Å². The number of aliphatic carboxylic acids is 1. The van der Waals surface area contributed by atoms with E-state index in [1.54, 1.807) is 0 Å². The van der Waals surface area contributed by atoms with Crippen molar-refractivity contribution in [3.63, 3.8) is 0 Å². The van der Waals surface area contributed by atoms with Gasteiger partial charge in [0.2, 0.25) is 0 Å². The molecule has 0 aromatic rings. The van der Waals surface area contributed by atoms with Gasteiger partial charge in [0.1, 0.15) is 6.04 Å². The average Bonchev–Trinajstić information content (AvgIpc) is 2.40. The molecule has 0 saturated carbocycles. The first-order valence-electron chi connectivity index (χ1n) is 4.22. The topological polar surface area (TPSA) is 40.5 Å². The zero-order chi connectivity index (χ0) is 8.27. The van der Waals surface area contributed by atoms with Crippen LogP contribution in [0, 0.1) is 0 Å². The van der Waals surface area contributed by atoms with Crippen LogP contribution in [-0.4, -0.2) is 35.1 Å². The number of rotatable bonds is 3. The van der Waals surface area contributed by atoms with Crippen LogP contribution in [0.3, 0.4) is 0 Å². The van der Waals surface area contributed by atoms with Crippen molar-refractivity contribution in [2.75, 3.05) is 13.1 Å². The summed E-state index contributed by atoms with van der Waals surface area (Å²) >= 11 is 0. The van der Waals surface area contributed by atoms with E-state index >= 15 is 0 Å². The van der Waals surface area contributed by atoms with E-state index in [9.17, 15) is 4.79 Å². The van der Waals surface area contributed by atoms with Gasteiger partial charge in [-0.05, 0) is 32.4 Å². The summed E-state index contributed by atoms with van der Waals surface area (Å²) < 4.78 is 0. The van der Waals surface area contributed by atoms with Crippen molar-refractivity contribution >= 4 is 5.97 Å². The molecule has 0 radical (unpaired) electrons. The largest absolute Gasteiger partial charge is 0.480 e. The summed E-state index contributed by atoms with van der Waals surface area (Å²) in [6.45, 7) is 3.85. The Hall–Kier alpha value is -0.570. The van der Waals surface area contributed by atoms with Crippen molar-refractivity contribution in [1.29, 1.82) is 0 Å². The molecule has 11 heavy (non-hydrogen) atoms. The molecule has 0 spiro atoms. The predicted octanol–water partition coefficient (Wildman–Crippen LogP) is 0.945. The first kappa shape index (κ1) is 8.53. The van der Waals surface area contributed by atoms with Crippen LogP contribution >= 0.6 is 0 Å². The van der Waals surface area contributed by atoms with E-state index < -0.39 is 5.97 Å². The number of carbonyl (C=O) groups is 1. The molecule has 0 unspecified atom stereocenters. The molecule has 1 saturated heterocycles. The Bertz CT molecular complexity index is 141. The fraction of sp³-hybridized carbons (Fsp3) is 0.875. The lowest BCUT2D eigenvalue weighted by atomic mass is 10.2. The molecule has 3 nitrogen and oxygen atoms in total. The highest BCUT2D eigenvalue weighted by Gasteiger charge is 2.25. The molecule has 0 aromatic heterocycles. The molecular weight excluding hydrogens is 142 g/mol. The van der Waals surface area contributed by atoms with Crippen LogP contribution in [0.25, 0.3) is 0 Å². The monoisotopic (exact) mass is 157 g/mol. The SMILES string of the molecule is CC[C@@H](C(=O)O)N1CCCC1. The van der Waals surface area contributed by atoms with Gasteiger partial charge in [-0.2, -0.15) is 0 Å². The Kier molecular flexibility index (Phi) is 2.88. The molecule has 0 aliphatic carbocycles. The number of hydrogen-bond donors (Lipinski definition) is 1. The van der Waals surface area contributed by atoms with Crippen LogP contribution in [-0.2, 0) is 4.79 Å². The van der Waals surface area contributed by atoms with E-state index in [0.29, 0.717) is 0 Å². The number of likely N-dealkylation sites (tertiary alicyclic amines) is 1. The minimum atomic E-state index is -0.672. The maximum absolute atomic E-state index is 10.7. The molecule has 3 heteroatoms. The average molecular weight is 157 g/mol. The van der Waals surface area contributed by atoms with E-state index in [2.05, 4.69) is 4.90 Å². The van der Waals surface area contributed by atoms with E-state index in [1.165, 1.54) is 0 Å². The third kappa shape index (κ3) is 1.93. The summed E-state index contributed by atoms with van der Waals surface area (Å²) in [5, 5.41) is 8.79. The molecule has 1 aliphatic heterocycles. The van der Waals surface area contributed by atoms with Crippen molar-refractivity contribution in [1.82, 2.24) is 4.90 Å². The standard InChI is InChI=1S/C8H15NO2/c1-2-7(8(10)11)9-5-3-4-6-9/h7H,2-6H2,1H3,(H,10,11)/t7-/m0/s1. The zero-order valence-corrected chi connectivity index (χ0v) is 6.92. The lowest BCUT2D eigenvalue weighted by Gasteiger charge is -2.21. The number of carboxylic acid groups (broad SMARTS) is 1. The van der Waals surface area contributed by atoms with Gasteiger partial charge in [0.05, 0.1) is 0 Å². The highest BCUT2D eigenvalue weighted by atomic mass is 16.4. The van der Waals surface area contributed by atoms with E-state index in [4.69, 9.17) is 5.11 Å². The van der Waals surface area contributed by atoms with Gasteiger partial charge >= 0.3 is 5.97 Å². The van der Waals surface area contributed by atoms with E-state index in [1.807, 2.05) is 6.92 Å². The quantitative estimate of drug-likeness (QED) is 0.663. The van der Waals surface area contributed by atoms with Gasteiger partial charge in [-0.15, -0.1) is 0 Å². The number of carboxylic acids is 1. The zero-order valence-electron chi connectivity index (χ0n) is 6.92. The van der Waals surface area contributed by atoms with Crippen LogP contribution in [0.4, 0.5) is 0 Å². The summed E-state index contributed by atoms with van der Waals surface area (Å²) in [4.78, 5) is 12.7. The molecule has 1 atom stereocenters.